The van der Waals surface area contributed by atoms with Crippen molar-refractivity contribution in [1.82, 2.24) is 9.80 Å². The fourth-order valence-corrected chi connectivity index (χ4v) is 6.02. The van der Waals surface area contributed by atoms with Gasteiger partial charge in [0.05, 0.1) is 4.92 Å². The Hall–Kier alpha value is -3.14. The summed E-state index contributed by atoms with van der Waals surface area (Å²) in [5.41, 5.74) is 0.912. The lowest BCUT2D eigenvalue weighted by Crippen LogP contribution is -2.42. The number of hydrogen-bond donors (Lipinski definition) is 1. The Labute approximate surface area is 254 Å². The van der Waals surface area contributed by atoms with Gasteiger partial charge in [-0.3, -0.25) is 14.9 Å². The van der Waals surface area contributed by atoms with Crippen LogP contribution in [0.15, 0.2) is 42.5 Å². The Balaban J connectivity index is 0.00000506. The normalized spacial score (nSPS) is 17.4. The van der Waals surface area contributed by atoms with Crippen LogP contribution in [0.2, 0.25) is 0 Å². The summed E-state index contributed by atoms with van der Waals surface area (Å²) in [6.07, 6.45) is 1.19. The molecule has 0 atom stereocenters. The van der Waals surface area contributed by atoms with Crippen LogP contribution in [0.5, 0.6) is 0 Å². The average Bonchev–Trinajstić information content (AvgIpc) is 2.93. The molecule has 0 saturated carbocycles. The molecule has 4 rings (SSSR count). The van der Waals surface area contributed by atoms with Crippen molar-refractivity contribution in [2.75, 3.05) is 38.0 Å². The van der Waals surface area contributed by atoms with Crippen LogP contribution in [0.1, 0.15) is 83.4 Å². The molecule has 0 bridgehead atoms. The summed E-state index contributed by atoms with van der Waals surface area (Å²) in [7, 11) is 0. The topological polar surface area (TPSA) is 78.7 Å². The number of anilines is 1. The van der Waals surface area contributed by atoms with Gasteiger partial charge in [0.2, 0.25) is 5.91 Å². The minimum Gasteiger partial charge on any atom is -0.382 e. The predicted molar refractivity (Wildman–Crippen MR) is 165 cm³/mol. The first kappa shape index (κ1) is 34.4. The second-order valence-corrected chi connectivity index (χ2v) is 12.8. The van der Waals surface area contributed by atoms with Crippen molar-refractivity contribution in [3.05, 3.63) is 69.3 Å². The molecule has 0 radical (unpaired) electrons. The van der Waals surface area contributed by atoms with E-state index in [0.717, 1.165) is 44.6 Å². The van der Waals surface area contributed by atoms with E-state index < -0.39 is 22.4 Å². The molecule has 0 aromatic heterocycles. The second-order valence-electron chi connectivity index (χ2n) is 12.8. The van der Waals surface area contributed by atoms with Gasteiger partial charge in [-0.25, -0.2) is 0 Å². The molecule has 2 fully saturated rings. The zero-order chi connectivity index (χ0) is 30.5. The van der Waals surface area contributed by atoms with Crippen molar-refractivity contribution >= 4 is 17.3 Å². The number of nitro groups is 1. The third-order valence-corrected chi connectivity index (χ3v) is 8.63. The quantitative estimate of drug-likeness (QED) is 0.235. The first-order chi connectivity index (χ1) is 19.8. The highest BCUT2D eigenvalue weighted by molar-refractivity contribution is 5.76. The number of piperidine rings is 2. The van der Waals surface area contributed by atoms with E-state index >= 15 is 0 Å². The van der Waals surface area contributed by atoms with Crippen LogP contribution in [0.25, 0.3) is 0 Å². The van der Waals surface area contributed by atoms with Crippen LogP contribution in [0.3, 0.4) is 0 Å². The number of alkyl halides is 3. The number of amides is 1. The SMILES string of the molecule is C.CC(C)(C)c1ccc(CC2CCN(CCCC(=O)N3CCC(Nc4ccc([N+](=O)[O-])c(C(F)(F)F)c4)CC3)CC2)cc1. The van der Waals surface area contributed by atoms with Crippen LogP contribution in [0, 0.1) is 16.0 Å². The third kappa shape index (κ3) is 9.68. The molecule has 1 N–H and O–H groups in total. The van der Waals surface area contributed by atoms with Gasteiger partial charge in [-0.05, 0) is 92.8 Å². The van der Waals surface area contributed by atoms with Gasteiger partial charge in [-0.15, -0.1) is 0 Å². The smallest absolute Gasteiger partial charge is 0.382 e. The number of nitrogens with zero attached hydrogens (tertiary/aromatic N) is 3. The third-order valence-electron chi connectivity index (χ3n) is 8.63. The van der Waals surface area contributed by atoms with Gasteiger partial charge in [-0.1, -0.05) is 52.5 Å². The number of nitro benzene ring substituents is 1. The molecule has 7 nitrogen and oxygen atoms in total. The van der Waals surface area contributed by atoms with Crippen LogP contribution >= 0.6 is 0 Å². The van der Waals surface area contributed by atoms with E-state index in [0.29, 0.717) is 38.3 Å². The Morgan fingerprint density at radius 3 is 2.16 bits per heavy atom. The molecule has 2 heterocycles. The molecule has 0 unspecified atom stereocenters. The number of nitrogens with one attached hydrogen (secondary N) is 1. The van der Waals surface area contributed by atoms with E-state index in [-0.39, 0.29) is 30.5 Å². The molecule has 2 aliphatic heterocycles. The molecular formula is C33H47F3N4O3. The molecule has 2 aromatic rings. The average molecular weight is 605 g/mol. The largest absolute Gasteiger partial charge is 0.423 e. The number of hydrogen-bond acceptors (Lipinski definition) is 5. The highest BCUT2D eigenvalue weighted by Gasteiger charge is 2.38. The summed E-state index contributed by atoms with van der Waals surface area (Å²) in [6.45, 7) is 10.8. The molecule has 2 saturated heterocycles. The van der Waals surface area contributed by atoms with Crippen molar-refractivity contribution in [2.24, 2.45) is 5.92 Å². The Morgan fingerprint density at radius 1 is 0.977 bits per heavy atom. The fourth-order valence-electron chi connectivity index (χ4n) is 6.02. The lowest BCUT2D eigenvalue weighted by atomic mass is 9.85. The number of likely N-dealkylation sites (tertiary alicyclic amines) is 2. The van der Waals surface area contributed by atoms with Gasteiger partial charge in [0.15, 0.2) is 0 Å². The van der Waals surface area contributed by atoms with Crippen molar-refractivity contribution in [3.8, 4) is 0 Å². The number of halogens is 3. The summed E-state index contributed by atoms with van der Waals surface area (Å²) < 4.78 is 39.9. The summed E-state index contributed by atoms with van der Waals surface area (Å²) in [5, 5.41) is 14.1. The van der Waals surface area contributed by atoms with E-state index in [1.54, 1.807) is 0 Å². The fraction of sp³-hybridized carbons (Fsp3) is 0.606. The molecule has 1 amide bonds. The summed E-state index contributed by atoms with van der Waals surface area (Å²) >= 11 is 0. The molecule has 238 valence electrons. The summed E-state index contributed by atoms with van der Waals surface area (Å²) in [5.74, 6) is 0.820. The highest BCUT2D eigenvalue weighted by atomic mass is 19.4. The van der Waals surface area contributed by atoms with Crippen LogP contribution in [-0.4, -0.2) is 59.4 Å². The zero-order valence-electron chi connectivity index (χ0n) is 24.9. The maximum absolute atomic E-state index is 13.3. The van der Waals surface area contributed by atoms with E-state index in [1.165, 1.54) is 30.0 Å². The summed E-state index contributed by atoms with van der Waals surface area (Å²) in [6, 6.07) is 11.9. The minimum absolute atomic E-state index is 0. The Bertz CT molecular complexity index is 1210. The Morgan fingerprint density at radius 2 is 1.60 bits per heavy atom. The molecule has 2 aliphatic rings. The summed E-state index contributed by atoms with van der Waals surface area (Å²) in [4.78, 5) is 27.1. The van der Waals surface area contributed by atoms with Crippen molar-refractivity contribution < 1.29 is 22.9 Å². The molecule has 10 heteroatoms. The van der Waals surface area contributed by atoms with Crippen LogP contribution < -0.4 is 5.32 Å². The van der Waals surface area contributed by atoms with Gasteiger partial charge in [-0.2, -0.15) is 13.2 Å². The van der Waals surface area contributed by atoms with E-state index in [2.05, 4.69) is 55.3 Å². The van der Waals surface area contributed by atoms with Crippen molar-refractivity contribution in [3.63, 3.8) is 0 Å². The lowest BCUT2D eigenvalue weighted by molar-refractivity contribution is -0.388. The van der Waals surface area contributed by atoms with Crippen molar-refractivity contribution in [1.29, 1.82) is 0 Å². The van der Waals surface area contributed by atoms with Gasteiger partial charge in [0.1, 0.15) is 5.56 Å². The molecule has 0 aliphatic carbocycles. The molecular weight excluding hydrogens is 557 g/mol. The highest BCUT2D eigenvalue weighted by Crippen LogP contribution is 2.38. The predicted octanol–water partition coefficient (Wildman–Crippen LogP) is 7.69. The number of benzene rings is 2. The van der Waals surface area contributed by atoms with Crippen LogP contribution in [-0.2, 0) is 22.8 Å². The standard InChI is InChI=1S/C32H43F3N4O3.CH4/c1-31(2,3)25-8-6-23(7-9-25)21-24-12-17-37(18-13-24)16-4-5-30(40)38-19-14-26(15-20-38)36-27-10-11-29(39(41)42)28(22-27)32(33,34)35;/h6-11,22,24,26,36H,4-5,12-21H2,1-3H3;1H4. The Kier molecular flexibility index (Phi) is 11.6. The minimum atomic E-state index is -4.81. The monoisotopic (exact) mass is 604 g/mol. The van der Waals surface area contributed by atoms with Gasteiger partial charge in [0.25, 0.3) is 5.69 Å². The lowest BCUT2D eigenvalue weighted by Gasteiger charge is -2.34. The zero-order valence-corrected chi connectivity index (χ0v) is 24.9. The van der Waals surface area contributed by atoms with Gasteiger partial charge < -0.3 is 15.1 Å². The van der Waals surface area contributed by atoms with Gasteiger partial charge in [0, 0.05) is 37.3 Å². The first-order valence-electron chi connectivity index (χ1n) is 15.0. The maximum Gasteiger partial charge on any atom is 0.423 e. The second kappa shape index (κ2) is 14.6. The van der Waals surface area contributed by atoms with E-state index in [4.69, 9.17) is 0 Å². The maximum atomic E-state index is 13.3. The van der Waals surface area contributed by atoms with E-state index in [9.17, 15) is 28.1 Å². The number of carbonyl (C=O) groups excluding carboxylic acids is 1. The van der Waals surface area contributed by atoms with E-state index in [1.807, 2.05) is 4.90 Å². The van der Waals surface area contributed by atoms with Crippen molar-refractivity contribution in [2.45, 2.75) is 90.8 Å². The molecule has 0 spiro atoms. The number of rotatable bonds is 9. The number of carbonyl (C=O) groups is 1. The first-order valence-corrected chi connectivity index (χ1v) is 15.0. The van der Waals surface area contributed by atoms with Gasteiger partial charge >= 0.3 is 6.18 Å². The molecule has 43 heavy (non-hydrogen) atoms. The molecule has 2 aromatic carbocycles. The van der Waals surface area contributed by atoms with Crippen LogP contribution in [0.4, 0.5) is 24.5 Å².